The van der Waals surface area contributed by atoms with E-state index in [9.17, 15) is 9.90 Å². The van der Waals surface area contributed by atoms with E-state index in [2.05, 4.69) is 10.6 Å². The lowest BCUT2D eigenvalue weighted by molar-refractivity contribution is -0.123. The second-order valence-corrected chi connectivity index (χ2v) is 3.67. The van der Waals surface area contributed by atoms with E-state index in [0.717, 1.165) is 6.42 Å². The zero-order valence-corrected chi connectivity index (χ0v) is 8.21. The summed E-state index contributed by atoms with van der Waals surface area (Å²) in [6.07, 6.45) is 1.09. The van der Waals surface area contributed by atoms with Crippen LogP contribution in [0.3, 0.4) is 0 Å². The molecule has 0 aromatic carbocycles. The molecule has 0 aromatic heterocycles. The molecule has 3 unspecified atom stereocenters. The number of amides is 1. The first-order valence-electron chi connectivity index (χ1n) is 4.85. The Morgan fingerprint density at radius 2 is 2.46 bits per heavy atom. The number of carbonyl (C=O) groups excluding carboxylic acids is 1. The quantitative estimate of drug-likeness (QED) is 0.563. The third-order valence-electron chi connectivity index (χ3n) is 2.43. The number of hydrogen-bond donors (Lipinski definition) is 3. The minimum atomic E-state index is -0.368. The van der Waals surface area contributed by atoms with E-state index < -0.39 is 0 Å². The van der Waals surface area contributed by atoms with Crippen LogP contribution in [0.25, 0.3) is 0 Å². The van der Waals surface area contributed by atoms with E-state index in [1.165, 1.54) is 0 Å². The van der Waals surface area contributed by atoms with Gasteiger partial charge in [-0.05, 0) is 19.8 Å². The summed E-state index contributed by atoms with van der Waals surface area (Å²) >= 11 is 0. The number of carbonyl (C=O) groups is 1. The largest absolute Gasteiger partial charge is 0.392 e. The summed E-state index contributed by atoms with van der Waals surface area (Å²) in [7, 11) is 0. The SMILES string of the molecule is CCC(C)NC(=O)C1CC(O)CN1. The second kappa shape index (κ2) is 4.58. The van der Waals surface area contributed by atoms with Gasteiger partial charge in [-0.1, -0.05) is 6.92 Å². The predicted octanol–water partition coefficient (Wildman–Crippen LogP) is -0.376. The van der Waals surface area contributed by atoms with Gasteiger partial charge >= 0.3 is 0 Å². The van der Waals surface area contributed by atoms with Crippen LogP contribution >= 0.6 is 0 Å². The van der Waals surface area contributed by atoms with Gasteiger partial charge in [0.2, 0.25) is 5.91 Å². The maximum atomic E-state index is 11.5. The molecule has 1 heterocycles. The molecule has 76 valence electrons. The summed E-state index contributed by atoms with van der Waals surface area (Å²) in [5.41, 5.74) is 0. The van der Waals surface area contributed by atoms with Crippen molar-refractivity contribution in [3.05, 3.63) is 0 Å². The van der Waals surface area contributed by atoms with Gasteiger partial charge in [0.1, 0.15) is 0 Å². The van der Waals surface area contributed by atoms with Gasteiger partial charge in [-0.2, -0.15) is 0 Å². The van der Waals surface area contributed by atoms with E-state index >= 15 is 0 Å². The number of hydrogen-bond acceptors (Lipinski definition) is 3. The molecule has 1 aliphatic heterocycles. The average molecular weight is 186 g/mol. The molecular weight excluding hydrogens is 168 g/mol. The Hall–Kier alpha value is -0.610. The molecule has 0 aliphatic carbocycles. The monoisotopic (exact) mass is 186 g/mol. The zero-order chi connectivity index (χ0) is 9.84. The summed E-state index contributed by atoms with van der Waals surface area (Å²) in [4.78, 5) is 11.5. The van der Waals surface area contributed by atoms with Crippen molar-refractivity contribution >= 4 is 5.91 Å². The number of β-amino-alcohol motifs (C(OH)–C–C–N with tert-alkyl or cyclic N) is 1. The van der Waals surface area contributed by atoms with Crippen molar-refractivity contribution in [2.45, 2.75) is 44.9 Å². The van der Waals surface area contributed by atoms with Crippen LogP contribution in [-0.2, 0) is 4.79 Å². The van der Waals surface area contributed by atoms with E-state index in [-0.39, 0.29) is 24.1 Å². The third-order valence-corrected chi connectivity index (χ3v) is 2.43. The zero-order valence-electron chi connectivity index (χ0n) is 8.21. The predicted molar refractivity (Wildman–Crippen MR) is 50.3 cm³/mol. The topological polar surface area (TPSA) is 61.4 Å². The van der Waals surface area contributed by atoms with Crippen LogP contribution in [0.1, 0.15) is 26.7 Å². The fourth-order valence-corrected chi connectivity index (χ4v) is 1.36. The summed E-state index contributed by atoms with van der Waals surface area (Å²) in [6, 6.07) is 0.0102. The molecule has 1 rings (SSSR count). The summed E-state index contributed by atoms with van der Waals surface area (Å²) in [6.45, 7) is 4.53. The molecular formula is C9H18N2O2. The molecule has 0 radical (unpaired) electrons. The summed E-state index contributed by atoms with van der Waals surface area (Å²) in [5, 5.41) is 15.1. The highest BCUT2D eigenvalue weighted by molar-refractivity contribution is 5.82. The molecule has 4 heteroatoms. The van der Waals surface area contributed by atoms with E-state index in [1.54, 1.807) is 0 Å². The fourth-order valence-electron chi connectivity index (χ4n) is 1.36. The lowest BCUT2D eigenvalue weighted by Gasteiger charge is -2.15. The first-order valence-corrected chi connectivity index (χ1v) is 4.85. The van der Waals surface area contributed by atoms with Gasteiger partial charge in [-0.15, -0.1) is 0 Å². The van der Waals surface area contributed by atoms with Gasteiger partial charge in [-0.3, -0.25) is 4.79 Å². The van der Waals surface area contributed by atoms with Gasteiger partial charge in [0.05, 0.1) is 12.1 Å². The molecule has 3 atom stereocenters. The van der Waals surface area contributed by atoms with Crippen LogP contribution in [0, 0.1) is 0 Å². The van der Waals surface area contributed by atoms with Crippen LogP contribution in [0.4, 0.5) is 0 Å². The lowest BCUT2D eigenvalue weighted by atomic mass is 10.1. The van der Waals surface area contributed by atoms with Crippen molar-refractivity contribution in [2.75, 3.05) is 6.54 Å². The third kappa shape index (κ3) is 2.97. The molecule has 4 nitrogen and oxygen atoms in total. The molecule has 0 bridgehead atoms. The van der Waals surface area contributed by atoms with Crippen LogP contribution in [-0.4, -0.2) is 35.7 Å². The van der Waals surface area contributed by atoms with Gasteiger partial charge < -0.3 is 15.7 Å². The van der Waals surface area contributed by atoms with Gasteiger partial charge in [0, 0.05) is 12.6 Å². The highest BCUT2D eigenvalue weighted by Gasteiger charge is 2.28. The van der Waals surface area contributed by atoms with Crippen molar-refractivity contribution in [3.63, 3.8) is 0 Å². The van der Waals surface area contributed by atoms with Crippen molar-refractivity contribution in [2.24, 2.45) is 0 Å². The van der Waals surface area contributed by atoms with Crippen molar-refractivity contribution in [1.82, 2.24) is 10.6 Å². The number of rotatable bonds is 3. The minimum absolute atomic E-state index is 0.00546. The van der Waals surface area contributed by atoms with E-state index in [0.29, 0.717) is 13.0 Å². The smallest absolute Gasteiger partial charge is 0.237 e. The highest BCUT2D eigenvalue weighted by atomic mass is 16.3. The summed E-state index contributed by atoms with van der Waals surface area (Å²) < 4.78 is 0. The molecule has 3 N–H and O–H groups in total. The number of nitrogens with one attached hydrogen (secondary N) is 2. The van der Waals surface area contributed by atoms with Crippen LogP contribution < -0.4 is 10.6 Å². The Morgan fingerprint density at radius 1 is 1.77 bits per heavy atom. The highest BCUT2D eigenvalue weighted by Crippen LogP contribution is 2.06. The first kappa shape index (κ1) is 10.5. The van der Waals surface area contributed by atoms with Crippen LogP contribution in [0.2, 0.25) is 0 Å². The Labute approximate surface area is 78.7 Å². The number of aliphatic hydroxyl groups is 1. The lowest BCUT2D eigenvalue weighted by Crippen LogP contribution is -2.43. The molecule has 1 aliphatic rings. The van der Waals surface area contributed by atoms with E-state index in [1.807, 2.05) is 13.8 Å². The van der Waals surface area contributed by atoms with E-state index in [4.69, 9.17) is 0 Å². The standard InChI is InChI=1S/C9H18N2O2/c1-3-6(2)11-9(13)8-4-7(12)5-10-8/h6-8,10,12H,3-5H2,1-2H3,(H,11,13). The second-order valence-electron chi connectivity index (χ2n) is 3.67. The molecule has 13 heavy (non-hydrogen) atoms. The Kier molecular flexibility index (Phi) is 3.69. The van der Waals surface area contributed by atoms with Crippen molar-refractivity contribution < 1.29 is 9.90 Å². The molecule has 0 aromatic rings. The van der Waals surface area contributed by atoms with Crippen molar-refractivity contribution in [1.29, 1.82) is 0 Å². The Morgan fingerprint density at radius 3 is 2.92 bits per heavy atom. The Balaban J connectivity index is 2.31. The fraction of sp³-hybridized carbons (Fsp3) is 0.889. The van der Waals surface area contributed by atoms with Gasteiger partial charge in [0.15, 0.2) is 0 Å². The minimum Gasteiger partial charge on any atom is -0.392 e. The van der Waals surface area contributed by atoms with Crippen LogP contribution in [0.5, 0.6) is 0 Å². The molecule has 1 saturated heterocycles. The normalized spacial score (nSPS) is 30.1. The van der Waals surface area contributed by atoms with Crippen LogP contribution in [0.15, 0.2) is 0 Å². The number of aliphatic hydroxyl groups excluding tert-OH is 1. The average Bonchev–Trinajstić information content (AvgIpc) is 2.51. The molecule has 1 fully saturated rings. The molecule has 0 spiro atoms. The molecule has 0 saturated carbocycles. The van der Waals surface area contributed by atoms with Gasteiger partial charge in [-0.25, -0.2) is 0 Å². The first-order chi connectivity index (χ1) is 6.13. The van der Waals surface area contributed by atoms with Gasteiger partial charge in [0.25, 0.3) is 0 Å². The van der Waals surface area contributed by atoms with Crippen molar-refractivity contribution in [3.8, 4) is 0 Å². The summed E-state index contributed by atoms with van der Waals surface area (Å²) in [5.74, 6) is 0.00546. The Bertz CT molecular complexity index is 184. The maximum absolute atomic E-state index is 11.5. The maximum Gasteiger partial charge on any atom is 0.237 e. The molecule has 1 amide bonds.